The van der Waals surface area contributed by atoms with Gasteiger partial charge in [-0.1, -0.05) is 41.9 Å². The molecule has 1 fully saturated rings. The van der Waals surface area contributed by atoms with Gasteiger partial charge in [-0.05, 0) is 70.0 Å². The maximum atomic E-state index is 13.4. The Hall–Kier alpha value is -3.73. The molecule has 0 atom stereocenters. The van der Waals surface area contributed by atoms with E-state index < -0.39 is 15.9 Å². The van der Waals surface area contributed by atoms with E-state index >= 15 is 0 Å². The first-order valence-electron chi connectivity index (χ1n) is 11.8. The van der Waals surface area contributed by atoms with Crippen LogP contribution in [0.1, 0.15) is 34.7 Å². The van der Waals surface area contributed by atoms with Crippen LogP contribution >= 0.6 is 11.6 Å². The molecule has 0 radical (unpaired) electrons. The van der Waals surface area contributed by atoms with Gasteiger partial charge in [0.15, 0.2) is 5.52 Å². The van der Waals surface area contributed by atoms with Crippen LogP contribution in [0.15, 0.2) is 70.3 Å². The van der Waals surface area contributed by atoms with Crippen molar-refractivity contribution >= 4 is 49.5 Å². The highest BCUT2D eigenvalue weighted by atomic mass is 35.5. The van der Waals surface area contributed by atoms with E-state index in [-0.39, 0.29) is 21.4 Å². The first-order chi connectivity index (χ1) is 17.8. The molecule has 0 saturated carbocycles. The summed E-state index contributed by atoms with van der Waals surface area (Å²) in [5.41, 5.74) is 10.4. The zero-order chi connectivity index (χ0) is 25.7. The van der Waals surface area contributed by atoms with Crippen molar-refractivity contribution in [2.24, 2.45) is 5.73 Å². The summed E-state index contributed by atoms with van der Waals surface area (Å²) in [5, 5.41) is 8.36. The summed E-state index contributed by atoms with van der Waals surface area (Å²) in [5.74, 6) is -0.405. The van der Waals surface area contributed by atoms with Gasteiger partial charge in [0.05, 0.1) is 16.1 Å². The lowest BCUT2D eigenvalue weighted by molar-refractivity contribution is 0.100. The topological polar surface area (TPSA) is 135 Å². The Labute approximate surface area is 217 Å². The van der Waals surface area contributed by atoms with Gasteiger partial charge in [0, 0.05) is 24.7 Å². The Morgan fingerprint density at radius 3 is 2.54 bits per heavy atom. The number of H-pyrrole nitrogens is 1. The normalized spacial score (nSPS) is 15.5. The van der Waals surface area contributed by atoms with Crippen molar-refractivity contribution in [3.8, 4) is 11.1 Å². The van der Waals surface area contributed by atoms with Gasteiger partial charge < -0.3 is 10.7 Å². The minimum Gasteiger partial charge on any atom is -0.366 e. The third-order valence-corrected chi connectivity index (χ3v) is 9.47. The SMILES string of the molecule is NC(=O)c1cc(-c2ccccc2)cc2c(C3CCN(S(=O)(=O)c4ccc5nonc5c4Cl)CC3)c[nH]c12. The predicted octanol–water partition coefficient (Wildman–Crippen LogP) is 4.69. The van der Waals surface area contributed by atoms with E-state index in [0.717, 1.165) is 22.1 Å². The number of fused-ring (bicyclic) bond motifs is 2. The Balaban J connectivity index is 1.31. The number of hydrogen-bond acceptors (Lipinski definition) is 6. The second-order valence-corrected chi connectivity index (χ2v) is 11.4. The van der Waals surface area contributed by atoms with E-state index in [4.69, 9.17) is 17.3 Å². The molecule has 1 saturated heterocycles. The molecule has 0 aliphatic carbocycles. The molecule has 1 aliphatic heterocycles. The number of carbonyl (C=O) groups excluding carboxylic acids is 1. The third-order valence-electron chi connectivity index (χ3n) is 7.04. The van der Waals surface area contributed by atoms with E-state index in [1.54, 1.807) is 6.07 Å². The van der Waals surface area contributed by atoms with E-state index in [2.05, 4.69) is 26.0 Å². The zero-order valence-electron chi connectivity index (χ0n) is 19.5. The fourth-order valence-corrected chi connectivity index (χ4v) is 7.15. The lowest BCUT2D eigenvalue weighted by atomic mass is 9.88. The van der Waals surface area contributed by atoms with Gasteiger partial charge in [0.2, 0.25) is 10.0 Å². The highest BCUT2D eigenvalue weighted by Crippen LogP contribution is 2.38. The molecule has 3 heterocycles. The van der Waals surface area contributed by atoms with Crippen LogP contribution in [-0.2, 0) is 10.0 Å². The van der Waals surface area contributed by atoms with Crippen molar-refractivity contribution in [2.45, 2.75) is 23.7 Å². The number of halogens is 1. The Morgan fingerprint density at radius 1 is 1.05 bits per heavy atom. The van der Waals surface area contributed by atoms with E-state index in [1.807, 2.05) is 36.5 Å². The average molecular weight is 536 g/mol. The van der Waals surface area contributed by atoms with Crippen molar-refractivity contribution in [3.63, 3.8) is 0 Å². The van der Waals surface area contributed by atoms with Crippen LogP contribution in [0, 0.1) is 0 Å². The predicted molar refractivity (Wildman–Crippen MR) is 140 cm³/mol. The summed E-state index contributed by atoms with van der Waals surface area (Å²) in [6.45, 7) is 0.651. The fraction of sp³-hybridized carbons (Fsp3) is 0.192. The molecule has 3 aromatic carbocycles. The number of benzene rings is 3. The Bertz CT molecular complexity index is 1760. The highest BCUT2D eigenvalue weighted by Gasteiger charge is 2.33. The van der Waals surface area contributed by atoms with Crippen molar-refractivity contribution in [1.29, 1.82) is 0 Å². The van der Waals surface area contributed by atoms with Crippen LogP contribution in [-0.4, -0.2) is 47.0 Å². The fourth-order valence-electron chi connectivity index (χ4n) is 5.13. The summed E-state index contributed by atoms with van der Waals surface area (Å²) < 4.78 is 32.9. The van der Waals surface area contributed by atoms with Gasteiger partial charge >= 0.3 is 0 Å². The number of piperidine rings is 1. The minimum absolute atomic E-state index is 0.00456. The molecule has 5 aromatic rings. The molecule has 0 unspecified atom stereocenters. The number of carbonyl (C=O) groups is 1. The molecule has 3 N–H and O–H groups in total. The number of primary amides is 1. The van der Waals surface area contributed by atoms with Gasteiger partial charge in [-0.3, -0.25) is 4.79 Å². The van der Waals surface area contributed by atoms with Crippen LogP contribution in [0.3, 0.4) is 0 Å². The molecular weight excluding hydrogens is 514 g/mol. The standard InChI is InChI=1S/C26H22ClN5O4S/c27-23-22(7-6-21-25(23)31-36-30-21)37(34,35)32-10-8-16(9-11-32)20-14-29-24-18(20)12-17(13-19(24)26(28)33)15-4-2-1-3-5-15/h1-7,12-14,16,29H,8-11H2,(H2,28,33). The number of hydrogen-bond donors (Lipinski definition) is 2. The van der Waals surface area contributed by atoms with Crippen molar-refractivity contribution in [2.75, 3.05) is 13.1 Å². The first-order valence-corrected chi connectivity index (χ1v) is 13.6. The smallest absolute Gasteiger partial charge is 0.250 e. The maximum Gasteiger partial charge on any atom is 0.250 e. The lowest BCUT2D eigenvalue weighted by Crippen LogP contribution is -2.38. The van der Waals surface area contributed by atoms with Crippen LogP contribution in [0.25, 0.3) is 33.1 Å². The van der Waals surface area contributed by atoms with Crippen LogP contribution in [0.4, 0.5) is 0 Å². The van der Waals surface area contributed by atoms with Crippen LogP contribution < -0.4 is 5.73 Å². The number of amides is 1. The quantitative estimate of drug-likeness (QED) is 0.335. The molecule has 2 aromatic heterocycles. The highest BCUT2D eigenvalue weighted by molar-refractivity contribution is 7.89. The van der Waals surface area contributed by atoms with E-state index in [9.17, 15) is 13.2 Å². The van der Waals surface area contributed by atoms with Gasteiger partial charge in [-0.25, -0.2) is 13.0 Å². The number of aromatic amines is 1. The number of aromatic nitrogens is 3. The van der Waals surface area contributed by atoms with Crippen molar-refractivity contribution in [3.05, 3.63) is 76.9 Å². The summed E-state index contributed by atoms with van der Waals surface area (Å²) in [6, 6.07) is 16.6. The lowest BCUT2D eigenvalue weighted by Gasteiger charge is -2.31. The van der Waals surface area contributed by atoms with Gasteiger partial charge in [-0.2, -0.15) is 4.31 Å². The Kier molecular flexibility index (Phi) is 5.74. The minimum atomic E-state index is -3.83. The second kappa shape index (κ2) is 8.98. The molecule has 0 spiro atoms. The first kappa shape index (κ1) is 23.7. The number of nitrogens with zero attached hydrogens (tertiary/aromatic N) is 3. The second-order valence-electron chi connectivity index (χ2n) is 9.11. The summed E-state index contributed by atoms with van der Waals surface area (Å²) in [6.07, 6.45) is 3.13. The molecule has 9 nitrogen and oxygen atoms in total. The van der Waals surface area contributed by atoms with E-state index in [0.29, 0.717) is 42.5 Å². The van der Waals surface area contributed by atoms with Gasteiger partial charge in [0.25, 0.3) is 5.91 Å². The summed E-state index contributed by atoms with van der Waals surface area (Å²) in [4.78, 5) is 15.5. The Morgan fingerprint density at radius 2 is 1.81 bits per heavy atom. The molecule has 11 heteroatoms. The van der Waals surface area contributed by atoms with Gasteiger partial charge in [-0.15, -0.1) is 0 Å². The molecule has 1 aliphatic rings. The van der Waals surface area contributed by atoms with Crippen molar-refractivity contribution < 1.29 is 17.8 Å². The number of nitrogens with two attached hydrogens (primary N) is 1. The largest absolute Gasteiger partial charge is 0.366 e. The number of rotatable bonds is 5. The molecule has 1 amide bonds. The van der Waals surface area contributed by atoms with Crippen LogP contribution in [0.2, 0.25) is 5.02 Å². The van der Waals surface area contributed by atoms with Gasteiger partial charge in [0.1, 0.15) is 10.4 Å². The monoisotopic (exact) mass is 535 g/mol. The molecule has 0 bridgehead atoms. The summed E-state index contributed by atoms with van der Waals surface area (Å²) in [7, 11) is -3.83. The zero-order valence-corrected chi connectivity index (χ0v) is 21.1. The van der Waals surface area contributed by atoms with Crippen LogP contribution in [0.5, 0.6) is 0 Å². The van der Waals surface area contributed by atoms with E-state index in [1.165, 1.54) is 16.4 Å². The summed E-state index contributed by atoms with van der Waals surface area (Å²) >= 11 is 6.36. The van der Waals surface area contributed by atoms with Crippen molar-refractivity contribution in [1.82, 2.24) is 19.6 Å². The number of nitrogens with one attached hydrogen (secondary N) is 1. The third kappa shape index (κ3) is 3.97. The molecule has 188 valence electrons. The average Bonchev–Trinajstić information content (AvgIpc) is 3.56. The molecule has 37 heavy (non-hydrogen) atoms. The molecule has 6 rings (SSSR count). The maximum absolute atomic E-state index is 13.4. The number of sulfonamides is 1. The molecular formula is C26H22ClN5O4S.